The van der Waals surface area contributed by atoms with Crippen LogP contribution in [0.5, 0.6) is 5.75 Å². The predicted octanol–water partition coefficient (Wildman–Crippen LogP) is 4.71. The Kier molecular flexibility index (Phi) is 6.24. The Labute approximate surface area is 154 Å². The minimum absolute atomic E-state index is 0.0467. The SMILES string of the molecule is CC(C)Oc1ccc(C(Nc2ccc(C#N)cc2)C(=O)O)cc1C(C)C. The molecule has 2 rings (SSSR count). The van der Waals surface area contributed by atoms with Gasteiger partial charge >= 0.3 is 5.97 Å². The molecule has 26 heavy (non-hydrogen) atoms. The quantitative estimate of drug-likeness (QED) is 0.754. The van der Waals surface area contributed by atoms with E-state index in [1.807, 2.05) is 32.0 Å². The minimum Gasteiger partial charge on any atom is -0.491 e. The van der Waals surface area contributed by atoms with Crippen LogP contribution in [0.2, 0.25) is 0 Å². The Morgan fingerprint density at radius 2 is 1.77 bits per heavy atom. The molecule has 1 atom stereocenters. The number of nitrogens with one attached hydrogen (secondary N) is 1. The summed E-state index contributed by atoms with van der Waals surface area (Å²) in [5, 5.41) is 21.6. The Bertz CT molecular complexity index is 805. The number of nitrogens with zero attached hydrogens (tertiary/aromatic N) is 1. The van der Waals surface area contributed by atoms with Crippen molar-refractivity contribution in [2.75, 3.05) is 5.32 Å². The van der Waals surface area contributed by atoms with Crippen molar-refractivity contribution in [2.24, 2.45) is 0 Å². The molecule has 2 aromatic carbocycles. The number of carboxylic acids is 1. The van der Waals surface area contributed by atoms with E-state index in [0.717, 1.165) is 11.3 Å². The number of benzene rings is 2. The van der Waals surface area contributed by atoms with E-state index in [9.17, 15) is 9.90 Å². The maximum Gasteiger partial charge on any atom is 0.330 e. The maximum atomic E-state index is 11.8. The van der Waals surface area contributed by atoms with Gasteiger partial charge in [0.05, 0.1) is 17.7 Å². The summed E-state index contributed by atoms with van der Waals surface area (Å²) < 4.78 is 5.85. The van der Waals surface area contributed by atoms with Gasteiger partial charge in [-0.05, 0) is 67.3 Å². The average molecular weight is 352 g/mol. The summed E-state index contributed by atoms with van der Waals surface area (Å²) in [6.07, 6.45) is 0.0467. The van der Waals surface area contributed by atoms with E-state index in [1.165, 1.54) is 0 Å². The van der Waals surface area contributed by atoms with Crippen LogP contribution in [0.15, 0.2) is 42.5 Å². The largest absolute Gasteiger partial charge is 0.491 e. The molecule has 5 nitrogen and oxygen atoms in total. The van der Waals surface area contributed by atoms with Gasteiger partial charge in [-0.25, -0.2) is 4.79 Å². The van der Waals surface area contributed by atoms with Gasteiger partial charge in [-0.15, -0.1) is 0 Å². The van der Waals surface area contributed by atoms with Gasteiger partial charge in [0.25, 0.3) is 0 Å². The van der Waals surface area contributed by atoms with Gasteiger partial charge in [-0.1, -0.05) is 19.9 Å². The first-order valence-corrected chi connectivity index (χ1v) is 8.61. The van der Waals surface area contributed by atoms with Crippen molar-refractivity contribution in [3.05, 3.63) is 59.2 Å². The number of nitriles is 1. The third-order valence-electron chi connectivity index (χ3n) is 3.92. The molecule has 0 fully saturated rings. The molecule has 2 aromatic rings. The molecule has 0 spiro atoms. The molecular formula is C21H24N2O3. The van der Waals surface area contributed by atoms with Crippen LogP contribution in [0.3, 0.4) is 0 Å². The standard InChI is InChI=1S/C21H24N2O3/c1-13(2)18-11-16(7-10-19(18)26-14(3)4)20(21(24)25)23-17-8-5-15(12-22)6-9-17/h5-11,13-14,20,23H,1-4H3,(H,24,25). The number of carbonyl (C=O) groups is 1. The van der Waals surface area contributed by atoms with Crippen LogP contribution in [0.1, 0.15) is 56.3 Å². The second-order valence-corrected chi connectivity index (χ2v) is 6.72. The third kappa shape index (κ3) is 4.76. The summed E-state index contributed by atoms with van der Waals surface area (Å²) in [4.78, 5) is 11.8. The Morgan fingerprint density at radius 3 is 2.27 bits per heavy atom. The summed E-state index contributed by atoms with van der Waals surface area (Å²) >= 11 is 0. The van der Waals surface area contributed by atoms with Crippen LogP contribution in [-0.4, -0.2) is 17.2 Å². The van der Waals surface area contributed by atoms with Crippen molar-refractivity contribution in [3.63, 3.8) is 0 Å². The first-order valence-electron chi connectivity index (χ1n) is 8.61. The second-order valence-electron chi connectivity index (χ2n) is 6.72. The van der Waals surface area contributed by atoms with Gasteiger partial charge in [-0.3, -0.25) is 0 Å². The molecular weight excluding hydrogens is 328 g/mol. The number of ether oxygens (including phenoxy) is 1. The predicted molar refractivity (Wildman–Crippen MR) is 101 cm³/mol. The van der Waals surface area contributed by atoms with Crippen LogP contribution >= 0.6 is 0 Å². The zero-order valence-electron chi connectivity index (χ0n) is 15.5. The molecule has 0 aliphatic carbocycles. The smallest absolute Gasteiger partial charge is 0.330 e. The van der Waals surface area contributed by atoms with E-state index in [1.54, 1.807) is 30.3 Å². The van der Waals surface area contributed by atoms with Crippen LogP contribution < -0.4 is 10.1 Å². The first kappa shape index (κ1) is 19.3. The number of rotatable bonds is 7. The zero-order chi connectivity index (χ0) is 19.3. The first-order chi connectivity index (χ1) is 12.3. The van der Waals surface area contributed by atoms with Gasteiger partial charge in [-0.2, -0.15) is 5.26 Å². The van der Waals surface area contributed by atoms with Crippen molar-refractivity contribution in [3.8, 4) is 11.8 Å². The van der Waals surface area contributed by atoms with Crippen LogP contribution in [0, 0.1) is 11.3 Å². The van der Waals surface area contributed by atoms with E-state index < -0.39 is 12.0 Å². The van der Waals surface area contributed by atoms with Gasteiger partial charge in [0.2, 0.25) is 0 Å². The van der Waals surface area contributed by atoms with Crippen molar-refractivity contribution in [2.45, 2.75) is 45.8 Å². The molecule has 0 radical (unpaired) electrons. The highest BCUT2D eigenvalue weighted by Gasteiger charge is 2.22. The average Bonchev–Trinajstić information content (AvgIpc) is 2.59. The van der Waals surface area contributed by atoms with E-state index in [2.05, 4.69) is 19.2 Å². The van der Waals surface area contributed by atoms with Crippen molar-refractivity contribution < 1.29 is 14.6 Å². The van der Waals surface area contributed by atoms with Crippen LogP contribution in [0.25, 0.3) is 0 Å². The van der Waals surface area contributed by atoms with Crippen molar-refractivity contribution >= 4 is 11.7 Å². The fraction of sp³-hybridized carbons (Fsp3) is 0.333. The molecule has 0 amide bonds. The Morgan fingerprint density at radius 1 is 1.12 bits per heavy atom. The molecule has 5 heteroatoms. The lowest BCUT2D eigenvalue weighted by Crippen LogP contribution is -2.21. The highest BCUT2D eigenvalue weighted by atomic mass is 16.5. The number of hydrogen-bond acceptors (Lipinski definition) is 4. The molecule has 0 bridgehead atoms. The molecule has 0 saturated carbocycles. The molecule has 136 valence electrons. The molecule has 0 saturated heterocycles. The Balaban J connectivity index is 2.35. The maximum absolute atomic E-state index is 11.8. The molecule has 0 aromatic heterocycles. The summed E-state index contributed by atoms with van der Waals surface area (Å²) in [7, 11) is 0. The normalized spacial score (nSPS) is 11.9. The topological polar surface area (TPSA) is 82.3 Å². The van der Waals surface area contributed by atoms with E-state index in [0.29, 0.717) is 16.8 Å². The molecule has 2 N–H and O–H groups in total. The number of aliphatic carboxylic acids is 1. The zero-order valence-corrected chi connectivity index (χ0v) is 15.5. The molecule has 1 unspecified atom stereocenters. The lowest BCUT2D eigenvalue weighted by Gasteiger charge is -2.21. The monoisotopic (exact) mass is 352 g/mol. The minimum atomic E-state index is -0.971. The molecule has 0 aliphatic heterocycles. The summed E-state index contributed by atoms with van der Waals surface area (Å²) in [5.41, 5.74) is 2.80. The lowest BCUT2D eigenvalue weighted by molar-refractivity contribution is -0.138. The van der Waals surface area contributed by atoms with Crippen molar-refractivity contribution in [1.29, 1.82) is 5.26 Å². The summed E-state index contributed by atoms with van der Waals surface area (Å²) in [5.74, 6) is 0.0101. The van der Waals surface area contributed by atoms with Gasteiger partial charge < -0.3 is 15.2 Å². The van der Waals surface area contributed by atoms with Crippen LogP contribution in [-0.2, 0) is 4.79 Å². The number of hydrogen-bond donors (Lipinski definition) is 2. The van der Waals surface area contributed by atoms with Crippen LogP contribution in [0.4, 0.5) is 5.69 Å². The van der Waals surface area contributed by atoms with Gasteiger partial charge in [0, 0.05) is 5.69 Å². The number of carboxylic acid groups (broad SMARTS) is 1. The molecule has 0 aliphatic rings. The van der Waals surface area contributed by atoms with Gasteiger partial charge in [0.1, 0.15) is 5.75 Å². The third-order valence-corrected chi connectivity index (χ3v) is 3.92. The van der Waals surface area contributed by atoms with E-state index in [-0.39, 0.29) is 12.0 Å². The summed E-state index contributed by atoms with van der Waals surface area (Å²) in [6, 6.07) is 13.4. The highest BCUT2D eigenvalue weighted by Crippen LogP contribution is 2.31. The fourth-order valence-electron chi connectivity index (χ4n) is 2.65. The highest BCUT2D eigenvalue weighted by molar-refractivity contribution is 5.79. The Hall–Kier alpha value is -3.00. The molecule has 0 heterocycles. The van der Waals surface area contributed by atoms with E-state index >= 15 is 0 Å². The second kappa shape index (κ2) is 8.39. The van der Waals surface area contributed by atoms with Crippen molar-refractivity contribution in [1.82, 2.24) is 0 Å². The summed E-state index contributed by atoms with van der Waals surface area (Å²) in [6.45, 7) is 8.03. The van der Waals surface area contributed by atoms with Gasteiger partial charge in [0.15, 0.2) is 6.04 Å². The number of anilines is 1. The lowest BCUT2D eigenvalue weighted by atomic mass is 9.96. The fourth-order valence-corrected chi connectivity index (χ4v) is 2.65. The van der Waals surface area contributed by atoms with E-state index in [4.69, 9.17) is 10.00 Å².